The van der Waals surface area contributed by atoms with E-state index < -0.39 is 0 Å². The molecular weight excluding hydrogens is 210 g/mol. The van der Waals surface area contributed by atoms with Gasteiger partial charge in [0, 0.05) is 0 Å². The van der Waals surface area contributed by atoms with Gasteiger partial charge in [-0.3, -0.25) is 0 Å². The summed E-state index contributed by atoms with van der Waals surface area (Å²) in [5, 5.41) is 4.43. The van der Waals surface area contributed by atoms with Crippen LogP contribution < -0.4 is 5.73 Å². The molecule has 1 aromatic heterocycles. The number of hydrogen-bond acceptors (Lipinski definition) is 5. The highest BCUT2D eigenvalue weighted by atomic mass is 32.2. The van der Waals surface area contributed by atoms with Crippen LogP contribution in [-0.4, -0.2) is 15.9 Å². The Labute approximate surface area is 94.0 Å². The largest absolute Gasteiger partial charge is 0.338 e. The number of nitrogens with two attached hydrogens (primary N) is 1. The zero-order chi connectivity index (χ0) is 10.8. The van der Waals surface area contributed by atoms with Gasteiger partial charge in [0.05, 0.1) is 11.3 Å². The first kappa shape index (κ1) is 11.0. The van der Waals surface area contributed by atoms with Gasteiger partial charge < -0.3 is 10.3 Å². The Hall–Kier alpha value is -0.550. The van der Waals surface area contributed by atoms with E-state index in [9.17, 15) is 0 Å². The molecule has 15 heavy (non-hydrogen) atoms. The Kier molecular flexibility index (Phi) is 3.31. The number of nitrogens with zero attached hydrogens (tertiary/aromatic N) is 2. The van der Waals surface area contributed by atoms with Gasteiger partial charge in [-0.25, -0.2) is 0 Å². The number of thioether (sulfide) groups is 1. The minimum atomic E-state index is -0.141. The van der Waals surface area contributed by atoms with Gasteiger partial charge in [0.1, 0.15) is 0 Å². The Bertz CT molecular complexity index is 304. The van der Waals surface area contributed by atoms with Crippen molar-refractivity contribution in [1.29, 1.82) is 0 Å². The number of hydrogen-bond donors (Lipinski definition) is 1. The molecule has 84 valence electrons. The molecule has 0 aliphatic carbocycles. The summed E-state index contributed by atoms with van der Waals surface area (Å²) in [5.74, 6) is 2.93. The summed E-state index contributed by atoms with van der Waals surface area (Å²) in [5.41, 5.74) is 5.95. The van der Waals surface area contributed by atoms with Crippen molar-refractivity contribution in [2.75, 3.05) is 5.75 Å². The summed E-state index contributed by atoms with van der Waals surface area (Å²) < 4.78 is 5.20. The third-order valence-corrected chi connectivity index (χ3v) is 4.05. The maximum atomic E-state index is 5.95. The summed E-state index contributed by atoms with van der Waals surface area (Å²) in [7, 11) is 0. The average molecular weight is 227 g/mol. The van der Waals surface area contributed by atoms with Crippen LogP contribution in [0.25, 0.3) is 0 Å². The second-order valence-electron chi connectivity index (χ2n) is 4.26. The molecule has 2 N–H and O–H groups in total. The van der Waals surface area contributed by atoms with E-state index in [2.05, 4.69) is 24.0 Å². The standard InChI is InChI=1S/C10H17N3OS/c1-6(2)8(11)10-12-9(13-14-10)7-4-3-5-15-7/h6-8H,3-5,11H2,1-2H3/t7?,8-/m1/s1. The molecule has 2 rings (SSSR count). The van der Waals surface area contributed by atoms with Crippen LogP contribution in [-0.2, 0) is 0 Å². The first-order chi connectivity index (χ1) is 7.18. The lowest BCUT2D eigenvalue weighted by Gasteiger charge is -2.09. The summed E-state index contributed by atoms with van der Waals surface area (Å²) >= 11 is 1.90. The fourth-order valence-corrected chi connectivity index (χ4v) is 2.78. The molecule has 5 heteroatoms. The molecule has 0 bridgehead atoms. The van der Waals surface area contributed by atoms with Crippen molar-refractivity contribution in [1.82, 2.24) is 10.1 Å². The van der Waals surface area contributed by atoms with E-state index in [-0.39, 0.29) is 6.04 Å². The molecule has 2 heterocycles. The molecule has 2 atom stereocenters. The quantitative estimate of drug-likeness (QED) is 0.858. The topological polar surface area (TPSA) is 64.9 Å². The van der Waals surface area contributed by atoms with Gasteiger partial charge in [-0.2, -0.15) is 16.7 Å². The van der Waals surface area contributed by atoms with Crippen molar-refractivity contribution in [2.45, 2.75) is 38.0 Å². The molecule has 1 aliphatic heterocycles. The van der Waals surface area contributed by atoms with E-state index in [1.54, 1.807) is 0 Å². The average Bonchev–Trinajstić information content (AvgIpc) is 2.86. The maximum absolute atomic E-state index is 5.95. The number of aromatic nitrogens is 2. The van der Waals surface area contributed by atoms with Crippen LogP contribution in [0.3, 0.4) is 0 Å². The van der Waals surface area contributed by atoms with E-state index >= 15 is 0 Å². The van der Waals surface area contributed by atoms with Crippen molar-refractivity contribution in [2.24, 2.45) is 11.7 Å². The van der Waals surface area contributed by atoms with Gasteiger partial charge in [-0.1, -0.05) is 19.0 Å². The highest BCUT2D eigenvalue weighted by Gasteiger charge is 2.25. The lowest BCUT2D eigenvalue weighted by Crippen LogP contribution is -2.17. The SMILES string of the molecule is CC(C)[C@@H](N)c1nc(C2CCCS2)no1. The van der Waals surface area contributed by atoms with Crippen LogP contribution in [0.15, 0.2) is 4.52 Å². The summed E-state index contributed by atoms with van der Waals surface area (Å²) in [6, 6.07) is -0.141. The van der Waals surface area contributed by atoms with Crippen LogP contribution in [0.4, 0.5) is 0 Å². The van der Waals surface area contributed by atoms with Crippen LogP contribution >= 0.6 is 11.8 Å². The van der Waals surface area contributed by atoms with E-state index in [4.69, 9.17) is 10.3 Å². The highest BCUT2D eigenvalue weighted by molar-refractivity contribution is 7.99. The monoisotopic (exact) mass is 227 g/mol. The van der Waals surface area contributed by atoms with E-state index in [1.807, 2.05) is 11.8 Å². The lowest BCUT2D eigenvalue weighted by molar-refractivity contribution is 0.322. The first-order valence-electron chi connectivity index (χ1n) is 5.39. The normalized spacial score (nSPS) is 23.6. The van der Waals surface area contributed by atoms with Gasteiger partial charge in [0.15, 0.2) is 5.82 Å². The molecule has 1 fully saturated rings. The third kappa shape index (κ3) is 2.34. The lowest BCUT2D eigenvalue weighted by atomic mass is 10.1. The van der Waals surface area contributed by atoms with Crippen molar-refractivity contribution >= 4 is 11.8 Å². The zero-order valence-corrected chi connectivity index (χ0v) is 9.96. The van der Waals surface area contributed by atoms with Crippen LogP contribution in [0.2, 0.25) is 0 Å². The molecule has 0 saturated carbocycles. The molecular formula is C10H17N3OS. The van der Waals surface area contributed by atoms with Crippen molar-refractivity contribution in [3.63, 3.8) is 0 Å². The molecule has 1 saturated heterocycles. The van der Waals surface area contributed by atoms with Gasteiger partial charge >= 0.3 is 0 Å². The van der Waals surface area contributed by atoms with Gasteiger partial charge in [-0.15, -0.1) is 0 Å². The highest BCUT2D eigenvalue weighted by Crippen LogP contribution is 2.38. The maximum Gasteiger partial charge on any atom is 0.243 e. The Morgan fingerprint density at radius 2 is 2.33 bits per heavy atom. The Balaban J connectivity index is 2.09. The molecule has 4 nitrogen and oxygen atoms in total. The van der Waals surface area contributed by atoms with E-state index in [1.165, 1.54) is 12.2 Å². The fourth-order valence-electron chi connectivity index (χ4n) is 1.58. The van der Waals surface area contributed by atoms with Crippen LogP contribution in [0, 0.1) is 5.92 Å². The van der Waals surface area contributed by atoms with Crippen molar-refractivity contribution in [3.8, 4) is 0 Å². The summed E-state index contributed by atoms with van der Waals surface area (Å²) in [6.07, 6.45) is 2.40. The second-order valence-corrected chi connectivity index (χ2v) is 5.57. The smallest absolute Gasteiger partial charge is 0.243 e. The molecule has 1 aromatic rings. The van der Waals surface area contributed by atoms with Crippen LogP contribution in [0.5, 0.6) is 0 Å². The fraction of sp³-hybridized carbons (Fsp3) is 0.800. The molecule has 0 amide bonds. The molecule has 1 aliphatic rings. The molecule has 0 aromatic carbocycles. The van der Waals surface area contributed by atoms with Gasteiger partial charge in [0.2, 0.25) is 5.89 Å². The molecule has 0 spiro atoms. The number of rotatable bonds is 3. The molecule has 0 radical (unpaired) electrons. The van der Waals surface area contributed by atoms with Crippen molar-refractivity contribution < 1.29 is 4.52 Å². The van der Waals surface area contributed by atoms with E-state index in [0.717, 1.165) is 12.2 Å². The second kappa shape index (κ2) is 4.53. The zero-order valence-electron chi connectivity index (χ0n) is 9.14. The van der Waals surface area contributed by atoms with Gasteiger partial charge in [-0.05, 0) is 24.5 Å². The predicted octanol–water partition coefficient (Wildman–Crippen LogP) is 2.29. The summed E-state index contributed by atoms with van der Waals surface area (Å²) in [6.45, 7) is 4.11. The summed E-state index contributed by atoms with van der Waals surface area (Å²) in [4.78, 5) is 4.39. The predicted molar refractivity (Wildman–Crippen MR) is 60.5 cm³/mol. The minimum Gasteiger partial charge on any atom is -0.338 e. The minimum absolute atomic E-state index is 0.141. The third-order valence-electron chi connectivity index (χ3n) is 2.68. The van der Waals surface area contributed by atoms with Crippen molar-refractivity contribution in [3.05, 3.63) is 11.7 Å². The van der Waals surface area contributed by atoms with Gasteiger partial charge in [0.25, 0.3) is 0 Å². The first-order valence-corrected chi connectivity index (χ1v) is 6.44. The Morgan fingerprint density at radius 1 is 1.53 bits per heavy atom. The molecule has 1 unspecified atom stereocenters. The van der Waals surface area contributed by atoms with Crippen LogP contribution in [0.1, 0.15) is 49.7 Å². The Morgan fingerprint density at radius 3 is 2.93 bits per heavy atom. The van der Waals surface area contributed by atoms with E-state index in [0.29, 0.717) is 17.1 Å².